The van der Waals surface area contributed by atoms with E-state index in [4.69, 9.17) is 5.10 Å². The Morgan fingerprint density at radius 2 is 1.57 bits per heavy atom. The van der Waals surface area contributed by atoms with E-state index in [2.05, 4.69) is 53.3 Å². The van der Waals surface area contributed by atoms with E-state index in [1.54, 1.807) is 16.8 Å². The lowest BCUT2D eigenvalue weighted by atomic mass is 9.99. The van der Waals surface area contributed by atoms with Crippen molar-refractivity contribution in [3.05, 3.63) is 95.3 Å². The number of piperazine rings is 1. The van der Waals surface area contributed by atoms with Crippen molar-refractivity contribution < 1.29 is 14.0 Å². The standard InChI is InChI=1S/C33H37FN6O2/c1-22-17-24(3)29(18-23(22)2)30-20-31(40(37-30)28-11-6-5-7-12-28)36-32(41)21-38-13-15-39(16-14-38)25(4)33(42)35-27-10-8-9-26(34)19-27/h5-12,17-20,25H,13-16,21H2,1-4H3,(H,35,42)(H,36,41). The van der Waals surface area contributed by atoms with Crippen molar-refractivity contribution in [1.29, 1.82) is 0 Å². The molecule has 0 radical (unpaired) electrons. The second-order valence-corrected chi connectivity index (χ2v) is 10.9. The second kappa shape index (κ2) is 12.7. The molecule has 2 heterocycles. The first-order valence-electron chi connectivity index (χ1n) is 14.2. The quantitative estimate of drug-likeness (QED) is 0.306. The minimum Gasteiger partial charge on any atom is -0.325 e. The Hall–Kier alpha value is -4.34. The summed E-state index contributed by atoms with van der Waals surface area (Å²) in [6, 6.07) is 21.5. The van der Waals surface area contributed by atoms with Crippen LogP contribution in [0, 0.1) is 26.6 Å². The minimum atomic E-state index is -0.393. The first kappa shape index (κ1) is 29.2. The molecule has 2 N–H and O–H groups in total. The average Bonchev–Trinajstić information content (AvgIpc) is 3.38. The van der Waals surface area contributed by atoms with E-state index in [0.29, 0.717) is 37.7 Å². The summed E-state index contributed by atoms with van der Waals surface area (Å²) in [6.07, 6.45) is 0. The van der Waals surface area contributed by atoms with E-state index in [1.165, 1.54) is 23.3 Å². The molecule has 1 fully saturated rings. The fourth-order valence-electron chi connectivity index (χ4n) is 5.28. The van der Waals surface area contributed by atoms with Crippen LogP contribution in [0.3, 0.4) is 0 Å². The van der Waals surface area contributed by atoms with Crippen molar-refractivity contribution >= 4 is 23.3 Å². The van der Waals surface area contributed by atoms with Gasteiger partial charge in [-0.05, 0) is 80.8 Å². The smallest absolute Gasteiger partial charge is 0.241 e. The van der Waals surface area contributed by atoms with Gasteiger partial charge >= 0.3 is 0 Å². The van der Waals surface area contributed by atoms with Crippen LogP contribution in [0.15, 0.2) is 72.8 Å². The number of nitrogens with zero attached hydrogens (tertiary/aromatic N) is 4. The highest BCUT2D eigenvalue weighted by molar-refractivity contribution is 5.94. The topological polar surface area (TPSA) is 82.5 Å². The van der Waals surface area contributed by atoms with Gasteiger partial charge < -0.3 is 10.6 Å². The van der Waals surface area contributed by atoms with Crippen LogP contribution in [0.25, 0.3) is 16.9 Å². The maximum Gasteiger partial charge on any atom is 0.241 e. The summed E-state index contributed by atoms with van der Waals surface area (Å²) in [4.78, 5) is 30.1. The van der Waals surface area contributed by atoms with Crippen LogP contribution in [-0.2, 0) is 9.59 Å². The molecule has 0 saturated carbocycles. The number of rotatable bonds is 8. The molecule has 218 valence electrons. The number of hydrogen-bond donors (Lipinski definition) is 2. The van der Waals surface area contributed by atoms with Gasteiger partial charge in [0.1, 0.15) is 11.6 Å². The van der Waals surface area contributed by atoms with Crippen molar-refractivity contribution in [2.75, 3.05) is 43.4 Å². The molecule has 2 amide bonds. The van der Waals surface area contributed by atoms with E-state index in [9.17, 15) is 14.0 Å². The SMILES string of the molecule is Cc1cc(C)c(-c2cc(NC(=O)CN3CCN(C(C)C(=O)Nc4cccc(F)c4)CC3)n(-c3ccccc3)n2)cc1C. The highest BCUT2D eigenvalue weighted by atomic mass is 19.1. The number of carbonyl (C=O) groups is 2. The van der Waals surface area contributed by atoms with Crippen molar-refractivity contribution in [1.82, 2.24) is 19.6 Å². The number of benzene rings is 3. The molecule has 1 atom stereocenters. The third-order valence-corrected chi connectivity index (χ3v) is 7.89. The first-order valence-corrected chi connectivity index (χ1v) is 14.2. The fourth-order valence-corrected chi connectivity index (χ4v) is 5.28. The minimum absolute atomic E-state index is 0.124. The summed E-state index contributed by atoms with van der Waals surface area (Å²) < 4.78 is 15.3. The predicted molar refractivity (Wildman–Crippen MR) is 164 cm³/mol. The number of aryl methyl sites for hydroxylation is 3. The molecule has 3 aromatic carbocycles. The number of halogens is 1. The monoisotopic (exact) mass is 568 g/mol. The van der Waals surface area contributed by atoms with E-state index in [0.717, 1.165) is 22.5 Å². The van der Waals surface area contributed by atoms with Crippen LogP contribution in [0.5, 0.6) is 0 Å². The van der Waals surface area contributed by atoms with Gasteiger partial charge in [0, 0.05) is 43.5 Å². The lowest BCUT2D eigenvalue weighted by Gasteiger charge is -2.37. The Balaban J connectivity index is 1.23. The van der Waals surface area contributed by atoms with Gasteiger partial charge in [-0.1, -0.05) is 30.3 Å². The zero-order valence-electron chi connectivity index (χ0n) is 24.5. The summed E-state index contributed by atoms with van der Waals surface area (Å²) in [7, 11) is 0. The van der Waals surface area contributed by atoms with E-state index >= 15 is 0 Å². The van der Waals surface area contributed by atoms with E-state index in [1.807, 2.05) is 43.3 Å². The molecule has 1 aliphatic heterocycles. The molecule has 42 heavy (non-hydrogen) atoms. The molecule has 1 aliphatic rings. The summed E-state index contributed by atoms with van der Waals surface area (Å²) in [5.74, 6) is -0.0904. The molecule has 1 aromatic heterocycles. The van der Waals surface area contributed by atoms with E-state index < -0.39 is 5.82 Å². The lowest BCUT2D eigenvalue weighted by Crippen LogP contribution is -2.53. The normalized spacial score (nSPS) is 14.9. The molecule has 1 unspecified atom stereocenters. The largest absolute Gasteiger partial charge is 0.325 e. The van der Waals surface area contributed by atoms with Gasteiger partial charge in [0.15, 0.2) is 0 Å². The highest BCUT2D eigenvalue weighted by Gasteiger charge is 2.27. The molecular weight excluding hydrogens is 531 g/mol. The summed E-state index contributed by atoms with van der Waals surface area (Å²) >= 11 is 0. The molecule has 0 aliphatic carbocycles. The number of carbonyl (C=O) groups excluding carboxylic acids is 2. The molecule has 9 heteroatoms. The van der Waals surface area contributed by atoms with Crippen molar-refractivity contribution in [3.8, 4) is 16.9 Å². The van der Waals surface area contributed by atoms with Crippen molar-refractivity contribution in [3.63, 3.8) is 0 Å². The maximum absolute atomic E-state index is 13.5. The molecule has 1 saturated heterocycles. The zero-order valence-corrected chi connectivity index (χ0v) is 24.5. The molecular formula is C33H37FN6O2. The van der Waals surface area contributed by atoms with Gasteiger partial charge in [0.25, 0.3) is 0 Å². The molecule has 0 spiro atoms. The van der Waals surface area contributed by atoms with Gasteiger partial charge in [-0.2, -0.15) is 5.10 Å². The van der Waals surface area contributed by atoms with Gasteiger partial charge in [-0.15, -0.1) is 0 Å². The molecule has 8 nitrogen and oxygen atoms in total. The molecule has 0 bridgehead atoms. The van der Waals surface area contributed by atoms with Gasteiger partial charge in [-0.3, -0.25) is 19.4 Å². The highest BCUT2D eigenvalue weighted by Crippen LogP contribution is 2.29. The third-order valence-electron chi connectivity index (χ3n) is 7.89. The zero-order chi connectivity index (χ0) is 29.8. The number of nitrogens with one attached hydrogen (secondary N) is 2. The molecule has 5 rings (SSSR count). The van der Waals surface area contributed by atoms with Gasteiger partial charge in [0.2, 0.25) is 11.8 Å². The lowest BCUT2D eigenvalue weighted by molar-refractivity contribution is -0.122. The third kappa shape index (κ3) is 6.75. The van der Waals surface area contributed by atoms with Crippen LogP contribution in [0.1, 0.15) is 23.6 Å². The van der Waals surface area contributed by atoms with Crippen LogP contribution >= 0.6 is 0 Å². The maximum atomic E-state index is 13.5. The number of para-hydroxylation sites is 1. The first-order chi connectivity index (χ1) is 20.2. The Morgan fingerprint density at radius 1 is 0.857 bits per heavy atom. The number of amides is 2. The Morgan fingerprint density at radius 3 is 2.29 bits per heavy atom. The van der Waals surface area contributed by atoms with Gasteiger partial charge in [0.05, 0.1) is 24.0 Å². The van der Waals surface area contributed by atoms with Gasteiger partial charge in [-0.25, -0.2) is 9.07 Å². The van der Waals surface area contributed by atoms with E-state index in [-0.39, 0.29) is 24.4 Å². The van der Waals surface area contributed by atoms with Crippen molar-refractivity contribution in [2.24, 2.45) is 0 Å². The second-order valence-electron chi connectivity index (χ2n) is 10.9. The Kier molecular flexibility index (Phi) is 8.80. The van der Waals surface area contributed by atoms with Crippen molar-refractivity contribution in [2.45, 2.75) is 33.7 Å². The predicted octanol–water partition coefficient (Wildman–Crippen LogP) is 5.19. The number of hydrogen-bond acceptors (Lipinski definition) is 5. The van der Waals surface area contributed by atoms with Crippen LogP contribution in [0.2, 0.25) is 0 Å². The summed E-state index contributed by atoms with van der Waals surface area (Å²) in [5.41, 5.74) is 6.69. The van der Waals surface area contributed by atoms with Crippen LogP contribution in [-0.4, -0.2) is 70.2 Å². The molecule has 4 aromatic rings. The summed E-state index contributed by atoms with van der Waals surface area (Å²) in [5, 5.41) is 10.8. The Bertz CT molecular complexity index is 1580. The average molecular weight is 569 g/mol. The fraction of sp³-hybridized carbons (Fsp3) is 0.303. The number of aromatic nitrogens is 2. The summed E-state index contributed by atoms with van der Waals surface area (Å²) in [6.45, 7) is 10.9. The van der Waals surface area contributed by atoms with Crippen LogP contribution in [0.4, 0.5) is 15.9 Å². The number of anilines is 2. The van der Waals surface area contributed by atoms with Crippen LogP contribution < -0.4 is 10.6 Å². The Labute approximate surface area is 246 Å².